The van der Waals surface area contributed by atoms with Crippen LogP contribution in [0.1, 0.15) is 5.56 Å². The number of nitrogens with one attached hydrogen (secondary N) is 3. The van der Waals surface area contributed by atoms with Crippen molar-refractivity contribution < 1.29 is 13.5 Å². The molecule has 0 atom stereocenters. The molecule has 3 rings (SSSR count). The van der Waals surface area contributed by atoms with Crippen molar-refractivity contribution in [2.75, 3.05) is 4.72 Å². The predicted molar refractivity (Wildman–Crippen MR) is 105 cm³/mol. The minimum atomic E-state index is -3.81. The molecule has 0 fully saturated rings. The molecule has 0 amide bonds. The van der Waals surface area contributed by atoms with Crippen molar-refractivity contribution >= 4 is 39.2 Å². The van der Waals surface area contributed by atoms with Crippen LogP contribution in [0.3, 0.4) is 0 Å². The second-order valence-corrected chi connectivity index (χ2v) is 7.65. The predicted octanol–water partition coefficient (Wildman–Crippen LogP) is 1.97. The van der Waals surface area contributed by atoms with Gasteiger partial charge >= 0.3 is 5.69 Å². The van der Waals surface area contributed by atoms with Crippen LogP contribution in [0.4, 0.5) is 11.4 Å². The van der Waals surface area contributed by atoms with Crippen molar-refractivity contribution in [1.29, 1.82) is 0 Å². The van der Waals surface area contributed by atoms with Crippen molar-refractivity contribution in [3.05, 3.63) is 80.0 Å². The lowest BCUT2D eigenvalue weighted by Gasteiger charge is -2.08. The molecule has 0 bridgehead atoms. The first-order valence-electron chi connectivity index (χ1n) is 7.73. The molecular weight excluding hydrogens is 408 g/mol. The Morgan fingerprint density at radius 3 is 2.25 bits per heavy atom. The summed E-state index contributed by atoms with van der Waals surface area (Å²) in [6.45, 7) is 0. The van der Waals surface area contributed by atoms with E-state index < -0.39 is 27.2 Å². The molecule has 1 aromatic heterocycles. The maximum absolute atomic E-state index is 12.4. The number of halogens is 1. The van der Waals surface area contributed by atoms with E-state index in [-0.39, 0.29) is 10.5 Å². The molecule has 0 unspecified atom stereocenters. The molecule has 0 spiro atoms. The number of aromatic nitrogens is 2. The molecule has 0 saturated heterocycles. The zero-order chi connectivity index (χ0) is 20.3. The Kier molecular flexibility index (Phi) is 5.34. The number of rotatable bonds is 5. The first-order valence-corrected chi connectivity index (χ1v) is 9.59. The Morgan fingerprint density at radius 1 is 1.00 bits per heavy atom. The minimum Gasteiger partial charge on any atom is -0.494 e. The summed E-state index contributed by atoms with van der Waals surface area (Å²) in [5.41, 5.74) is -1.20. The number of nitrogens with zero attached hydrogens (tertiary/aromatic N) is 1. The van der Waals surface area contributed by atoms with E-state index in [1.165, 1.54) is 36.4 Å². The third-order valence-corrected chi connectivity index (χ3v) is 5.19. The molecule has 144 valence electrons. The van der Waals surface area contributed by atoms with Gasteiger partial charge in [0, 0.05) is 16.9 Å². The molecule has 2 aromatic carbocycles. The fraction of sp³-hybridized carbons (Fsp3) is 0. The Balaban J connectivity index is 1.80. The van der Waals surface area contributed by atoms with E-state index in [4.69, 9.17) is 11.6 Å². The Hall–Kier alpha value is -3.37. The number of hydrogen-bond acceptors (Lipinski definition) is 6. The molecule has 0 aliphatic rings. The molecule has 0 aliphatic heterocycles. The van der Waals surface area contributed by atoms with Crippen LogP contribution in [-0.4, -0.2) is 29.7 Å². The lowest BCUT2D eigenvalue weighted by Crippen LogP contribution is -2.24. The summed E-state index contributed by atoms with van der Waals surface area (Å²) in [7, 11) is -3.81. The third-order valence-electron chi connectivity index (χ3n) is 3.54. The minimum absolute atomic E-state index is 0.00568. The molecule has 1 heterocycles. The smallest absolute Gasteiger partial charge is 0.328 e. The summed E-state index contributed by atoms with van der Waals surface area (Å²) >= 11 is 5.77. The summed E-state index contributed by atoms with van der Waals surface area (Å²) in [6.07, 6.45) is 1.06. The second-order valence-electron chi connectivity index (χ2n) is 5.54. The highest BCUT2D eigenvalue weighted by atomic mass is 35.5. The number of H-pyrrole nitrogens is 2. The van der Waals surface area contributed by atoms with Gasteiger partial charge in [-0.2, -0.15) is 0 Å². The van der Waals surface area contributed by atoms with Gasteiger partial charge in [-0.05, 0) is 48.5 Å². The summed E-state index contributed by atoms with van der Waals surface area (Å²) < 4.78 is 27.2. The normalized spacial score (nSPS) is 11.6. The number of sulfonamides is 1. The maximum Gasteiger partial charge on any atom is 0.328 e. The van der Waals surface area contributed by atoms with Crippen LogP contribution in [0.2, 0.25) is 5.02 Å². The van der Waals surface area contributed by atoms with E-state index in [9.17, 15) is 23.1 Å². The SMILES string of the molecule is O=c1[nH]c(O)c(C=Nc2ccc(S(=O)(=O)Nc3ccc(Cl)cc3)cc2)c(=O)[nH]1. The number of aromatic hydroxyl groups is 1. The molecule has 0 radical (unpaired) electrons. The van der Waals surface area contributed by atoms with Gasteiger partial charge in [0.1, 0.15) is 5.56 Å². The van der Waals surface area contributed by atoms with Gasteiger partial charge in [0.15, 0.2) is 0 Å². The lowest BCUT2D eigenvalue weighted by molar-refractivity contribution is 0.447. The molecule has 3 aromatic rings. The van der Waals surface area contributed by atoms with Crippen LogP contribution in [0.15, 0.2) is 68.0 Å². The molecular formula is C17H13ClN4O5S. The summed E-state index contributed by atoms with van der Waals surface area (Å²) in [5.74, 6) is -0.621. The van der Waals surface area contributed by atoms with Crippen molar-refractivity contribution in [2.24, 2.45) is 4.99 Å². The Morgan fingerprint density at radius 2 is 1.64 bits per heavy atom. The number of anilines is 1. The van der Waals surface area contributed by atoms with Gasteiger partial charge in [-0.15, -0.1) is 0 Å². The van der Waals surface area contributed by atoms with Gasteiger partial charge in [0.05, 0.1) is 10.6 Å². The monoisotopic (exact) mass is 420 g/mol. The van der Waals surface area contributed by atoms with E-state index in [1.807, 2.05) is 9.97 Å². The Labute approximate surface area is 163 Å². The number of aromatic amines is 2. The lowest BCUT2D eigenvalue weighted by atomic mass is 10.3. The van der Waals surface area contributed by atoms with E-state index in [2.05, 4.69) is 9.71 Å². The first-order chi connectivity index (χ1) is 13.2. The highest BCUT2D eigenvalue weighted by Gasteiger charge is 2.14. The molecule has 11 heteroatoms. The summed E-state index contributed by atoms with van der Waals surface area (Å²) in [4.78, 5) is 30.7. The van der Waals surface area contributed by atoms with Gasteiger partial charge in [-0.25, -0.2) is 13.2 Å². The van der Waals surface area contributed by atoms with Crippen LogP contribution in [-0.2, 0) is 10.0 Å². The fourth-order valence-electron chi connectivity index (χ4n) is 2.19. The largest absolute Gasteiger partial charge is 0.494 e. The van der Waals surface area contributed by atoms with Crippen molar-refractivity contribution in [1.82, 2.24) is 9.97 Å². The maximum atomic E-state index is 12.4. The number of aliphatic imine (C=N–C) groups is 1. The van der Waals surface area contributed by atoms with Gasteiger partial charge in [0.25, 0.3) is 15.6 Å². The fourth-order valence-corrected chi connectivity index (χ4v) is 3.37. The third kappa shape index (κ3) is 4.48. The number of benzene rings is 2. The molecule has 9 nitrogen and oxygen atoms in total. The van der Waals surface area contributed by atoms with Crippen molar-refractivity contribution in [3.8, 4) is 5.88 Å². The van der Waals surface area contributed by atoms with Gasteiger partial charge in [0.2, 0.25) is 5.88 Å². The van der Waals surface area contributed by atoms with Gasteiger partial charge in [-0.3, -0.25) is 24.5 Å². The van der Waals surface area contributed by atoms with Crippen molar-refractivity contribution in [3.63, 3.8) is 0 Å². The van der Waals surface area contributed by atoms with Crippen molar-refractivity contribution in [2.45, 2.75) is 4.90 Å². The first kappa shape index (κ1) is 19.4. The highest BCUT2D eigenvalue weighted by molar-refractivity contribution is 7.92. The average Bonchev–Trinajstić information content (AvgIpc) is 2.63. The molecule has 0 aliphatic carbocycles. The zero-order valence-electron chi connectivity index (χ0n) is 14.0. The van der Waals surface area contributed by atoms with E-state index >= 15 is 0 Å². The Bertz CT molecular complexity index is 1250. The summed E-state index contributed by atoms with van der Waals surface area (Å²) in [5, 5.41) is 10.1. The average molecular weight is 421 g/mol. The summed E-state index contributed by atoms with van der Waals surface area (Å²) in [6, 6.07) is 11.7. The van der Waals surface area contributed by atoms with Crippen LogP contribution >= 0.6 is 11.6 Å². The van der Waals surface area contributed by atoms with Crippen LogP contribution in [0, 0.1) is 0 Å². The topological polar surface area (TPSA) is 144 Å². The van der Waals surface area contributed by atoms with Crippen LogP contribution in [0.25, 0.3) is 0 Å². The molecule has 4 N–H and O–H groups in total. The molecule has 28 heavy (non-hydrogen) atoms. The standard InChI is InChI=1S/C17H13ClN4O5S/c18-10-1-3-12(4-2-10)22-28(26,27)13-7-5-11(6-8-13)19-9-14-15(23)20-17(25)21-16(14)24/h1-9,22H,(H3,20,21,23,24,25). The molecule has 0 saturated carbocycles. The zero-order valence-corrected chi connectivity index (χ0v) is 15.6. The second kappa shape index (κ2) is 7.71. The van der Waals surface area contributed by atoms with E-state index in [1.54, 1.807) is 12.1 Å². The van der Waals surface area contributed by atoms with Gasteiger partial charge < -0.3 is 5.11 Å². The van der Waals surface area contributed by atoms with E-state index in [0.717, 1.165) is 6.21 Å². The quantitative estimate of drug-likeness (QED) is 0.466. The number of hydrogen-bond donors (Lipinski definition) is 4. The van der Waals surface area contributed by atoms with Crippen LogP contribution < -0.4 is 16.0 Å². The van der Waals surface area contributed by atoms with Crippen LogP contribution in [0.5, 0.6) is 5.88 Å². The van der Waals surface area contributed by atoms with Gasteiger partial charge in [-0.1, -0.05) is 11.6 Å². The highest BCUT2D eigenvalue weighted by Crippen LogP contribution is 2.21. The van der Waals surface area contributed by atoms with E-state index in [0.29, 0.717) is 16.4 Å².